The summed E-state index contributed by atoms with van der Waals surface area (Å²) in [5.74, 6) is 1.61. The minimum atomic E-state index is -0.0644. The zero-order chi connectivity index (χ0) is 9.80. The van der Waals surface area contributed by atoms with Crippen LogP contribution in [0.1, 0.15) is 25.0 Å². The van der Waals surface area contributed by atoms with Gasteiger partial charge in [-0.25, -0.2) is 0 Å². The molecule has 78 valence electrons. The number of aliphatic hydroxyl groups is 1. The van der Waals surface area contributed by atoms with Crippen LogP contribution < -0.4 is 5.32 Å². The molecule has 0 aliphatic heterocycles. The summed E-state index contributed by atoms with van der Waals surface area (Å²) in [5, 5.41) is 12.7. The minimum Gasteiger partial charge on any atom is -0.468 e. The van der Waals surface area contributed by atoms with Crippen LogP contribution in [-0.2, 0) is 6.54 Å². The van der Waals surface area contributed by atoms with Crippen molar-refractivity contribution in [2.45, 2.75) is 31.9 Å². The second kappa shape index (κ2) is 4.62. The van der Waals surface area contributed by atoms with Gasteiger partial charge in [-0.1, -0.05) is 0 Å². The Balaban J connectivity index is 1.64. The predicted molar refractivity (Wildman–Crippen MR) is 53.8 cm³/mol. The van der Waals surface area contributed by atoms with Crippen LogP contribution in [0, 0.1) is 5.92 Å². The fraction of sp³-hybridized carbons (Fsp3) is 0.636. The fourth-order valence-electron chi connectivity index (χ4n) is 2.05. The van der Waals surface area contributed by atoms with Gasteiger partial charge < -0.3 is 14.8 Å². The van der Waals surface area contributed by atoms with Gasteiger partial charge in [0.15, 0.2) is 0 Å². The normalized spacial score (nSPS) is 26.9. The second-order valence-corrected chi connectivity index (χ2v) is 4.04. The SMILES string of the molecule is OC1CCC(CNCc2ccco2)C1. The summed E-state index contributed by atoms with van der Waals surface area (Å²) in [6.07, 6.45) is 4.69. The molecule has 0 amide bonds. The summed E-state index contributed by atoms with van der Waals surface area (Å²) < 4.78 is 5.21. The molecule has 2 N–H and O–H groups in total. The molecule has 1 heterocycles. The monoisotopic (exact) mass is 195 g/mol. The van der Waals surface area contributed by atoms with Gasteiger partial charge in [0.25, 0.3) is 0 Å². The Morgan fingerprint density at radius 3 is 3.07 bits per heavy atom. The lowest BCUT2D eigenvalue weighted by Crippen LogP contribution is -2.21. The van der Waals surface area contributed by atoms with Crippen LogP contribution in [0.5, 0.6) is 0 Å². The highest BCUT2D eigenvalue weighted by molar-refractivity contribution is 4.97. The fourth-order valence-corrected chi connectivity index (χ4v) is 2.05. The number of rotatable bonds is 4. The summed E-state index contributed by atoms with van der Waals surface area (Å²) >= 11 is 0. The van der Waals surface area contributed by atoms with Crippen LogP contribution in [0.3, 0.4) is 0 Å². The van der Waals surface area contributed by atoms with Crippen molar-refractivity contribution in [3.05, 3.63) is 24.2 Å². The largest absolute Gasteiger partial charge is 0.468 e. The maximum absolute atomic E-state index is 9.34. The summed E-state index contributed by atoms with van der Waals surface area (Å²) in [6, 6.07) is 3.87. The van der Waals surface area contributed by atoms with E-state index in [4.69, 9.17) is 4.42 Å². The van der Waals surface area contributed by atoms with Crippen molar-refractivity contribution >= 4 is 0 Å². The molecule has 1 aliphatic carbocycles. The van der Waals surface area contributed by atoms with Crippen LogP contribution >= 0.6 is 0 Å². The Morgan fingerprint density at radius 1 is 1.50 bits per heavy atom. The van der Waals surface area contributed by atoms with Crippen LogP contribution in [0.4, 0.5) is 0 Å². The predicted octanol–water partition coefficient (Wildman–Crippen LogP) is 1.53. The van der Waals surface area contributed by atoms with E-state index in [0.29, 0.717) is 5.92 Å². The molecular weight excluding hydrogens is 178 g/mol. The Hall–Kier alpha value is -0.800. The van der Waals surface area contributed by atoms with Crippen LogP contribution in [0.25, 0.3) is 0 Å². The molecule has 0 bridgehead atoms. The molecule has 0 spiro atoms. The second-order valence-electron chi connectivity index (χ2n) is 4.04. The van der Waals surface area contributed by atoms with Gasteiger partial charge in [-0.15, -0.1) is 0 Å². The van der Waals surface area contributed by atoms with E-state index >= 15 is 0 Å². The standard InChI is InChI=1S/C11H17NO2/c13-10-4-3-9(6-10)7-12-8-11-2-1-5-14-11/h1-2,5,9-10,12-13H,3-4,6-8H2. The van der Waals surface area contributed by atoms with E-state index in [1.165, 1.54) is 0 Å². The number of aliphatic hydroxyl groups excluding tert-OH is 1. The summed E-state index contributed by atoms with van der Waals surface area (Å²) in [6.45, 7) is 1.78. The van der Waals surface area contributed by atoms with Crippen molar-refractivity contribution in [3.63, 3.8) is 0 Å². The highest BCUT2D eigenvalue weighted by atomic mass is 16.3. The zero-order valence-electron chi connectivity index (χ0n) is 8.28. The first kappa shape index (κ1) is 9.74. The van der Waals surface area contributed by atoms with E-state index in [-0.39, 0.29) is 6.10 Å². The lowest BCUT2D eigenvalue weighted by molar-refractivity contribution is 0.177. The molecule has 0 aromatic carbocycles. The Kier molecular flexibility index (Phi) is 3.22. The van der Waals surface area contributed by atoms with E-state index in [1.807, 2.05) is 12.1 Å². The topological polar surface area (TPSA) is 45.4 Å². The van der Waals surface area contributed by atoms with Gasteiger partial charge in [0.05, 0.1) is 18.9 Å². The summed E-state index contributed by atoms with van der Waals surface area (Å²) in [5.41, 5.74) is 0. The molecule has 0 radical (unpaired) electrons. The van der Waals surface area contributed by atoms with Crippen LogP contribution in [0.2, 0.25) is 0 Å². The molecule has 1 aromatic rings. The average molecular weight is 195 g/mol. The van der Waals surface area contributed by atoms with Crippen molar-refractivity contribution in [2.75, 3.05) is 6.54 Å². The van der Waals surface area contributed by atoms with E-state index < -0.39 is 0 Å². The van der Waals surface area contributed by atoms with E-state index in [1.54, 1.807) is 6.26 Å². The smallest absolute Gasteiger partial charge is 0.117 e. The Morgan fingerprint density at radius 2 is 2.43 bits per heavy atom. The van der Waals surface area contributed by atoms with Gasteiger partial charge in [0.1, 0.15) is 5.76 Å². The van der Waals surface area contributed by atoms with Gasteiger partial charge in [-0.3, -0.25) is 0 Å². The highest BCUT2D eigenvalue weighted by Crippen LogP contribution is 2.24. The molecule has 0 saturated heterocycles. The van der Waals surface area contributed by atoms with Crippen molar-refractivity contribution in [1.29, 1.82) is 0 Å². The Bertz CT molecular complexity index is 258. The molecule has 2 unspecified atom stereocenters. The third-order valence-corrected chi connectivity index (χ3v) is 2.83. The highest BCUT2D eigenvalue weighted by Gasteiger charge is 2.21. The molecule has 1 saturated carbocycles. The lowest BCUT2D eigenvalue weighted by atomic mass is 10.1. The van der Waals surface area contributed by atoms with E-state index in [0.717, 1.165) is 38.1 Å². The molecule has 1 fully saturated rings. The number of hydrogen-bond acceptors (Lipinski definition) is 3. The van der Waals surface area contributed by atoms with Gasteiger partial charge in [-0.05, 0) is 43.9 Å². The summed E-state index contributed by atoms with van der Waals surface area (Å²) in [4.78, 5) is 0. The molecule has 1 aliphatic rings. The first-order valence-electron chi connectivity index (χ1n) is 5.26. The quantitative estimate of drug-likeness (QED) is 0.765. The number of nitrogens with one attached hydrogen (secondary N) is 1. The van der Waals surface area contributed by atoms with E-state index in [9.17, 15) is 5.11 Å². The van der Waals surface area contributed by atoms with Crippen molar-refractivity contribution in [3.8, 4) is 0 Å². The zero-order valence-corrected chi connectivity index (χ0v) is 8.28. The van der Waals surface area contributed by atoms with Crippen LogP contribution in [-0.4, -0.2) is 17.8 Å². The first-order valence-corrected chi connectivity index (χ1v) is 5.26. The number of furan rings is 1. The molecule has 14 heavy (non-hydrogen) atoms. The van der Waals surface area contributed by atoms with Gasteiger partial charge in [0, 0.05) is 0 Å². The maximum atomic E-state index is 9.34. The molecule has 3 heteroatoms. The molecule has 2 rings (SSSR count). The maximum Gasteiger partial charge on any atom is 0.117 e. The first-order chi connectivity index (χ1) is 6.84. The third kappa shape index (κ3) is 2.59. The molecular formula is C11H17NO2. The minimum absolute atomic E-state index is 0.0644. The van der Waals surface area contributed by atoms with Gasteiger partial charge in [-0.2, -0.15) is 0 Å². The van der Waals surface area contributed by atoms with Crippen LogP contribution in [0.15, 0.2) is 22.8 Å². The van der Waals surface area contributed by atoms with E-state index in [2.05, 4.69) is 5.32 Å². The van der Waals surface area contributed by atoms with Gasteiger partial charge in [0.2, 0.25) is 0 Å². The number of hydrogen-bond donors (Lipinski definition) is 2. The van der Waals surface area contributed by atoms with Crippen molar-refractivity contribution in [2.24, 2.45) is 5.92 Å². The lowest BCUT2D eigenvalue weighted by Gasteiger charge is -2.09. The third-order valence-electron chi connectivity index (χ3n) is 2.83. The Labute approximate surface area is 84.1 Å². The summed E-state index contributed by atoms with van der Waals surface area (Å²) in [7, 11) is 0. The van der Waals surface area contributed by atoms with Crippen molar-refractivity contribution in [1.82, 2.24) is 5.32 Å². The molecule has 1 aromatic heterocycles. The molecule has 2 atom stereocenters. The average Bonchev–Trinajstić information content (AvgIpc) is 2.77. The molecule has 3 nitrogen and oxygen atoms in total. The van der Waals surface area contributed by atoms with Crippen molar-refractivity contribution < 1.29 is 9.52 Å². The van der Waals surface area contributed by atoms with Gasteiger partial charge >= 0.3 is 0 Å².